The smallest absolute Gasteiger partial charge is 0.251 e. The van der Waals surface area contributed by atoms with E-state index >= 15 is 0 Å². The first kappa shape index (κ1) is 9.93. The van der Waals surface area contributed by atoms with Crippen LogP contribution in [0.25, 0.3) is 0 Å². The number of hydrogen-bond donors (Lipinski definition) is 1. The van der Waals surface area contributed by atoms with Gasteiger partial charge in [-0.2, -0.15) is 0 Å². The molecule has 4 nitrogen and oxygen atoms in total. The number of carbonyl (C=O) groups excluding carboxylic acids is 1. The summed E-state index contributed by atoms with van der Waals surface area (Å²) in [6, 6.07) is 0.312. The van der Waals surface area contributed by atoms with E-state index in [-0.39, 0.29) is 24.1 Å². The Hall–Kier alpha value is -0.610. The monoisotopic (exact) mass is 198 g/mol. The predicted molar refractivity (Wildman–Crippen MR) is 52.7 cm³/mol. The minimum Gasteiger partial charge on any atom is -0.368 e. The first-order valence-electron chi connectivity index (χ1n) is 5.38. The van der Waals surface area contributed by atoms with Crippen LogP contribution in [0.1, 0.15) is 26.2 Å². The van der Waals surface area contributed by atoms with Crippen LogP contribution in [-0.4, -0.2) is 42.1 Å². The zero-order valence-corrected chi connectivity index (χ0v) is 8.61. The van der Waals surface area contributed by atoms with E-state index < -0.39 is 0 Å². The summed E-state index contributed by atoms with van der Waals surface area (Å²) in [5.74, 6) is 0.142. The van der Waals surface area contributed by atoms with Gasteiger partial charge in [0.15, 0.2) is 0 Å². The molecule has 0 aromatic rings. The molecule has 1 amide bonds. The number of nitrogens with zero attached hydrogens (tertiary/aromatic N) is 1. The molecule has 2 fully saturated rings. The molecule has 0 aromatic heterocycles. The molecule has 2 heterocycles. The zero-order chi connectivity index (χ0) is 10.1. The van der Waals surface area contributed by atoms with Crippen LogP contribution in [0.2, 0.25) is 0 Å². The van der Waals surface area contributed by atoms with Gasteiger partial charge in [0.1, 0.15) is 6.10 Å². The van der Waals surface area contributed by atoms with Gasteiger partial charge in [-0.15, -0.1) is 0 Å². The van der Waals surface area contributed by atoms with Gasteiger partial charge in [0.25, 0.3) is 5.91 Å². The quantitative estimate of drug-likeness (QED) is 0.651. The Bertz CT molecular complexity index is 226. The molecule has 0 aliphatic carbocycles. The fourth-order valence-corrected chi connectivity index (χ4v) is 2.23. The molecule has 2 aliphatic rings. The summed E-state index contributed by atoms with van der Waals surface area (Å²) in [5.41, 5.74) is 5.87. The normalized spacial score (nSPS) is 37.9. The van der Waals surface area contributed by atoms with Crippen LogP contribution < -0.4 is 5.73 Å². The highest BCUT2D eigenvalue weighted by atomic mass is 16.5. The summed E-state index contributed by atoms with van der Waals surface area (Å²) in [4.78, 5) is 13.8. The molecule has 2 saturated heterocycles. The van der Waals surface area contributed by atoms with Gasteiger partial charge < -0.3 is 15.4 Å². The molecule has 3 atom stereocenters. The van der Waals surface area contributed by atoms with Gasteiger partial charge in [0.2, 0.25) is 0 Å². The van der Waals surface area contributed by atoms with Crippen molar-refractivity contribution >= 4 is 5.91 Å². The lowest BCUT2D eigenvalue weighted by atomic mass is 10.1. The maximum Gasteiger partial charge on any atom is 0.251 e. The van der Waals surface area contributed by atoms with E-state index in [1.54, 1.807) is 0 Å². The lowest BCUT2D eigenvalue weighted by molar-refractivity contribution is -0.141. The third kappa shape index (κ3) is 1.64. The number of hydrogen-bond acceptors (Lipinski definition) is 3. The highest BCUT2D eigenvalue weighted by molar-refractivity contribution is 5.81. The number of nitrogens with two attached hydrogens (primary N) is 1. The molecular formula is C10H18N2O2. The second kappa shape index (κ2) is 3.87. The summed E-state index contributed by atoms with van der Waals surface area (Å²) in [7, 11) is 0. The third-order valence-electron chi connectivity index (χ3n) is 3.30. The molecule has 2 N–H and O–H groups in total. The first-order chi connectivity index (χ1) is 6.70. The summed E-state index contributed by atoms with van der Waals surface area (Å²) in [6.45, 7) is 3.54. The van der Waals surface area contributed by atoms with E-state index in [4.69, 9.17) is 10.5 Å². The van der Waals surface area contributed by atoms with Gasteiger partial charge >= 0.3 is 0 Å². The molecule has 0 radical (unpaired) electrons. The van der Waals surface area contributed by atoms with Crippen molar-refractivity contribution in [3.05, 3.63) is 0 Å². The van der Waals surface area contributed by atoms with Crippen molar-refractivity contribution in [2.75, 3.05) is 13.2 Å². The molecule has 2 rings (SSSR count). The average Bonchev–Trinajstić information content (AvgIpc) is 2.77. The number of ether oxygens (including phenoxy) is 1. The fourth-order valence-electron chi connectivity index (χ4n) is 2.23. The first-order valence-corrected chi connectivity index (χ1v) is 5.38. The largest absolute Gasteiger partial charge is 0.368 e. The van der Waals surface area contributed by atoms with Crippen molar-refractivity contribution in [1.82, 2.24) is 4.90 Å². The molecule has 14 heavy (non-hydrogen) atoms. The lowest BCUT2D eigenvalue weighted by Crippen LogP contribution is -2.44. The standard InChI is InChI=1S/C10H18N2O2/c1-7-8(11)4-5-12(7)10(13)9-3-2-6-14-9/h7-9H,2-6,11H2,1H3. The topological polar surface area (TPSA) is 55.6 Å². The number of carbonyl (C=O) groups is 1. The Morgan fingerprint density at radius 1 is 1.50 bits per heavy atom. The Kier molecular flexibility index (Phi) is 2.74. The highest BCUT2D eigenvalue weighted by Crippen LogP contribution is 2.21. The molecule has 2 aliphatic heterocycles. The molecule has 0 bridgehead atoms. The van der Waals surface area contributed by atoms with Gasteiger partial charge in [-0.1, -0.05) is 0 Å². The summed E-state index contributed by atoms with van der Waals surface area (Å²) < 4.78 is 5.38. The SMILES string of the molecule is CC1C(N)CCN1C(=O)C1CCCO1. The molecule has 4 heteroatoms. The van der Waals surface area contributed by atoms with Crippen molar-refractivity contribution < 1.29 is 9.53 Å². The summed E-state index contributed by atoms with van der Waals surface area (Å²) in [6.07, 6.45) is 2.60. The van der Waals surface area contributed by atoms with Crippen molar-refractivity contribution in [2.24, 2.45) is 5.73 Å². The van der Waals surface area contributed by atoms with Crippen molar-refractivity contribution in [3.63, 3.8) is 0 Å². The summed E-state index contributed by atoms with van der Waals surface area (Å²) in [5, 5.41) is 0. The second-order valence-corrected chi connectivity index (χ2v) is 4.23. The third-order valence-corrected chi connectivity index (χ3v) is 3.30. The Labute approximate surface area is 84.4 Å². The molecule has 80 valence electrons. The van der Waals surface area contributed by atoms with E-state index in [9.17, 15) is 4.79 Å². The van der Waals surface area contributed by atoms with Crippen LogP contribution in [0.4, 0.5) is 0 Å². The number of rotatable bonds is 1. The Balaban J connectivity index is 1.97. The fraction of sp³-hybridized carbons (Fsp3) is 0.900. The maximum atomic E-state index is 11.9. The Morgan fingerprint density at radius 2 is 2.29 bits per heavy atom. The summed E-state index contributed by atoms with van der Waals surface area (Å²) >= 11 is 0. The molecule has 0 saturated carbocycles. The van der Waals surface area contributed by atoms with E-state index in [1.165, 1.54) is 0 Å². The van der Waals surface area contributed by atoms with Crippen LogP contribution >= 0.6 is 0 Å². The van der Waals surface area contributed by atoms with Gasteiger partial charge in [0.05, 0.1) is 0 Å². The zero-order valence-electron chi connectivity index (χ0n) is 8.61. The minimum absolute atomic E-state index is 0.139. The minimum atomic E-state index is -0.192. The lowest BCUT2D eigenvalue weighted by Gasteiger charge is -2.25. The van der Waals surface area contributed by atoms with Crippen LogP contribution in [0, 0.1) is 0 Å². The van der Waals surface area contributed by atoms with E-state index in [2.05, 4.69) is 0 Å². The van der Waals surface area contributed by atoms with Gasteiger partial charge in [-0.05, 0) is 26.2 Å². The van der Waals surface area contributed by atoms with Gasteiger partial charge in [0, 0.05) is 25.2 Å². The predicted octanol–water partition coefficient (Wildman–Crippen LogP) is 0.113. The average molecular weight is 198 g/mol. The van der Waals surface area contributed by atoms with Crippen molar-refractivity contribution in [1.29, 1.82) is 0 Å². The molecule has 0 aromatic carbocycles. The molecule has 0 spiro atoms. The van der Waals surface area contributed by atoms with Crippen LogP contribution in [0.5, 0.6) is 0 Å². The number of likely N-dealkylation sites (tertiary alicyclic amines) is 1. The van der Waals surface area contributed by atoms with Crippen molar-refractivity contribution in [2.45, 2.75) is 44.4 Å². The van der Waals surface area contributed by atoms with E-state index in [1.807, 2.05) is 11.8 Å². The van der Waals surface area contributed by atoms with Gasteiger partial charge in [-0.25, -0.2) is 0 Å². The van der Waals surface area contributed by atoms with Crippen LogP contribution in [0.15, 0.2) is 0 Å². The van der Waals surface area contributed by atoms with Crippen molar-refractivity contribution in [3.8, 4) is 0 Å². The van der Waals surface area contributed by atoms with Crippen LogP contribution in [-0.2, 0) is 9.53 Å². The second-order valence-electron chi connectivity index (χ2n) is 4.23. The van der Waals surface area contributed by atoms with E-state index in [0.29, 0.717) is 0 Å². The molecular weight excluding hydrogens is 180 g/mol. The van der Waals surface area contributed by atoms with Crippen LogP contribution in [0.3, 0.4) is 0 Å². The van der Waals surface area contributed by atoms with Gasteiger partial charge in [-0.3, -0.25) is 4.79 Å². The van der Waals surface area contributed by atoms with E-state index in [0.717, 1.165) is 32.4 Å². The molecule has 3 unspecified atom stereocenters. The highest BCUT2D eigenvalue weighted by Gasteiger charge is 2.36. The maximum absolute atomic E-state index is 11.9. The Morgan fingerprint density at radius 3 is 2.79 bits per heavy atom. The number of amides is 1.